The van der Waals surface area contributed by atoms with E-state index in [1.165, 1.54) is 12.8 Å². The van der Waals surface area contributed by atoms with Crippen LogP contribution in [0.3, 0.4) is 0 Å². The molecule has 1 aliphatic carbocycles. The zero-order chi connectivity index (χ0) is 22.9. The molecule has 1 atom stereocenters. The third-order valence-electron chi connectivity index (χ3n) is 6.34. The van der Waals surface area contributed by atoms with Crippen LogP contribution in [0.4, 0.5) is 0 Å². The van der Waals surface area contributed by atoms with Crippen LogP contribution in [0.2, 0.25) is 0 Å². The minimum absolute atomic E-state index is 0. The van der Waals surface area contributed by atoms with Crippen LogP contribution in [0.25, 0.3) is 0 Å². The summed E-state index contributed by atoms with van der Waals surface area (Å²) in [5.41, 5.74) is 2.15. The van der Waals surface area contributed by atoms with Crippen molar-refractivity contribution in [3.63, 3.8) is 0 Å². The lowest BCUT2D eigenvalue weighted by Gasteiger charge is -2.21. The van der Waals surface area contributed by atoms with Crippen molar-refractivity contribution in [1.82, 2.24) is 20.5 Å². The highest BCUT2D eigenvalue weighted by Crippen LogP contribution is 2.27. The summed E-state index contributed by atoms with van der Waals surface area (Å²) in [5.74, 6) is 1.97. The van der Waals surface area contributed by atoms with Gasteiger partial charge >= 0.3 is 0 Å². The molecule has 4 rings (SSSR count). The molecule has 0 radical (unpaired) electrons. The second-order valence-corrected chi connectivity index (χ2v) is 8.87. The number of rotatable bonds is 8. The smallest absolute Gasteiger partial charge is 0.225 e. The Kier molecular flexibility index (Phi) is 10.4. The van der Waals surface area contributed by atoms with Gasteiger partial charge < -0.3 is 20.3 Å². The van der Waals surface area contributed by atoms with E-state index in [9.17, 15) is 4.79 Å². The van der Waals surface area contributed by atoms with Gasteiger partial charge in [0.05, 0.1) is 6.54 Å². The number of nitrogens with zero attached hydrogens (tertiary/aromatic N) is 3. The molecule has 2 N–H and O–H groups in total. The summed E-state index contributed by atoms with van der Waals surface area (Å²) in [4.78, 5) is 23.8. The molecule has 1 unspecified atom stereocenters. The van der Waals surface area contributed by atoms with Gasteiger partial charge in [0.1, 0.15) is 6.61 Å². The van der Waals surface area contributed by atoms with Gasteiger partial charge in [-0.25, -0.2) is 9.98 Å². The number of halogens is 1. The Morgan fingerprint density at radius 2 is 1.94 bits per heavy atom. The molecule has 0 spiro atoms. The molecule has 0 bridgehead atoms. The van der Waals surface area contributed by atoms with Crippen molar-refractivity contribution in [3.8, 4) is 5.88 Å². The van der Waals surface area contributed by atoms with Gasteiger partial charge in [-0.05, 0) is 43.4 Å². The quantitative estimate of drug-likeness (QED) is 0.281. The lowest BCUT2D eigenvalue weighted by Crippen LogP contribution is -2.45. The second-order valence-electron chi connectivity index (χ2n) is 8.87. The van der Waals surface area contributed by atoms with E-state index < -0.39 is 0 Å². The van der Waals surface area contributed by atoms with E-state index in [1.807, 2.05) is 47.4 Å². The molecule has 8 heteroatoms. The minimum Gasteiger partial charge on any atom is -0.473 e. The number of benzene rings is 1. The van der Waals surface area contributed by atoms with Crippen molar-refractivity contribution in [1.29, 1.82) is 0 Å². The van der Waals surface area contributed by atoms with Crippen molar-refractivity contribution in [2.45, 2.75) is 58.2 Å². The lowest BCUT2D eigenvalue weighted by molar-refractivity contribution is -0.134. The molecule has 2 aliphatic rings. The number of nitrogens with one attached hydrogen (secondary N) is 2. The Morgan fingerprint density at radius 1 is 1.15 bits per heavy atom. The maximum Gasteiger partial charge on any atom is 0.225 e. The summed E-state index contributed by atoms with van der Waals surface area (Å²) in [6.07, 6.45) is 7.21. The molecule has 184 valence electrons. The molecule has 1 saturated carbocycles. The molecule has 34 heavy (non-hydrogen) atoms. The monoisotopic (exact) mass is 577 g/mol. The van der Waals surface area contributed by atoms with E-state index in [0.29, 0.717) is 24.9 Å². The number of hydrogen-bond acceptors (Lipinski definition) is 4. The summed E-state index contributed by atoms with van der Waals surface area (Å²) in [6.45, 7) is 5.44. The largest absolute Gasteiger partial charge is 0.473 e. The average molecular weight is 578 g/mol. The average Bonchev–Trinajstić information content (AvgIpc) is 3.55. The van der Waals surface area contributed by atoms with Crippen molar-refractivity contribution in [2.75, 3.05) is 19.6 Å². The number of aliphatic imine (C=N–C) groups is 1. The summed E-state index contributed by atoms with van der Waals surface area (Å²) < 4.78 is 5.84. The Hall–Kier alpha value is -2.36. The number of likely N-dealkylation sites (tertiary alicyclic amines) is 1. The van der Waals surface area contributed by atoms with E-state index in [4.69, 9.17) is 9.73 Å². The highest BCUT2D eigenvalue weighted by molar-refractivity contribution is 14.0. The van der Waals surface area contributed by atoms with E-state index in [2.05, 4.69) is 22.5 Å². The van der Waals surface area contributed by atoms with Gasteiger partial charge in [-0.3, -0.25) is 4.79 Å². The van der Waals surface area contributed by atoms with Gasteiger partial charge in [0.2, 0.25) is 11.8 Å². The first-order valence-electron chi connectivity index (χ1n) is 12.2. The zero-order valence-corrected chi connectivity index (χ0v) is 22.2. The minimum atomic E-state index is 0. The van der Waals surface area contributed by atoms with Crippen LogP contribution in [-0.4, -0.2) is 47.4 Å². The first-order chi connectivity index (χ1) is 16.2. The summed E-state index contributed by atoms with van der Waals surface area (Å²) in [5, 5.41) is 6.85. The molecule has 1 aromatic carbocycles. The van der Waals surface area contributed by atoms with E-state index in [1.54, 1.807) is 6.20 Å². The van der Waals surface area contributed by atoms with Crippen LogP contribution in [0.15, 0.2) is 53.7 Å². The van der Waals surface area contributed by atoms with Crippen LogP contribution in [0.1, 0.15) is 50.2 Å². The maximum atomic E-state index is 12.7. The number of hydrogen-bond donors (Lipinski definition) is 2. The van der Waals surface area contributed by atoms with Crippen LogP contribution < -0.4 is 15.4 Å². The fourth-order valence-electron chi connectivity index (χ4n) is 4.55. The summed E-state index contributed by atoms with van der Waals surface area (Å²) in [7, 11) is 0. The molecule has 2 fully saturated rings. The van der Waals surface area contributed by atoms with Gasteiger partial charge in [0.25, 0.3) is 0 Å². The molecule has 1 aliphatic heterocycles. The van der Waals surface area contributed by atoms with Gasteiger partial charge in [0.15, 0.2) is 5.96 Å². The van der Waals surface area contributed by atoms with Gasteiger partial charge in [-0.2, -0.15) is 0 Å². The standard InChI is InChI=1S/C26H35N5O2.HI/c1-2-27-26(30-23-13-15-31(18-23)25(32)22-10-6-7-11-22)29-17-21-12-14-28-24(16-21)33-19-20-8-4-3-5-9-20;/h3-5,8-9,12,14,16,22-23H,2,6-7,10-11,13,15,17-19H2,1H3,(H2,27,29,30);1H. The maximum absolute atomic E-state index is 12.7. The molecule has 1 aromatic heterocycles. The van der Waals surface area contributed by atoms with Crippen LogP contribution in [0, 0.1) is 5.92 Å². The van der Waals surface area contributed by atoms with Crippen LogP contribution >= 0.6 is 24.0 Å². The Balaban J connectivity index is 0.00000324. The molecule has 1 saturated heterocycles. The van der Waals surface area contributed by atoms with E-state index in [0.717, 1.165) is 56.0 Å². The first-order valence-corrected chi connectivity index (χ1v) is 12.2. The number of ether oxygens (including phenoxy) is 1. The molecule has 2 aromatic rings. The third-order valence-corrected chi connectivity index (χ3v) is 6.34. The number of aromatic nitrogens is 1. The predicted octanol–water partition coefficient (Wildman–Crippen LogP) is 4.12. The fraction of sp³-hybridized carbons (Fsp3) is 0.500. The molecule has 2 heterocycles. The van der Waals surface area contributed by atoms with Gasteiger partial charge in [-0.1, -0.05) is 43.2 Å². The lowest BCUT2D eigenvalue weighted by atomic mass is 10.1. The Bertz CT molecular complexity index is 934. The number of guanidine groups is 1. The molecule has 7 nitrogen and oxygen atoms in total. The third kappa shape index (κ3) is 7.58. The van der Waals surface area contributed by atoms with Gasteiger partial charge in [-0.15, -0.1) is 24.0 Å². The zero-order valence-electron chi connectivity index (χ0n) is 19.9. The summed E-state index contributed by atoms with van der Waals surface area (Å²) >= 11 is 0. The van der Waals surface area contributed by atoms with Crippen molar-refractivity contribution in [2.24, 2.45) is 10.9 Å². The number of amides is 1. The predicted molar refractivity (Wildman–Crippen MR) is 145 cm³/mol. The summed E-state index contributed by atoms with van der Waals surface area (Å²) in [6, 6.07) is 14.2. The first kappa shape index (κ1) is 26.2. The van der Waals surface area contributed by atoms with E-state index >= 15 is 0 Å². The van der Waals surface area contributed by atoms with Crippen LogP contribution in [0.5, 0.6) is 5.88 Å². The Morgan fingerprint density at radius 3 is 2.71 bits per heavy atom. The normalized spacial score (nSPS) is 18.4. The van der Waals surface area contributed by atoms with Crippen molar-refractivity contribution < 1.29 is 9.53 Å². The topological polar surface area (TPSA) is 78.9 Å². The van der Waals surface area contributed by atoms with Gasteiger partial charge in [0, 0.05) is 43.9 Å². The fourth-order valence-corrected chi connectivity index (χ4v) is 4.55. The highest BCUT2D eigenvalue weighted by Gasteiger charge is 2.32. The van der Waals surface area contributed by atoms with E-state index in [-0.39, 0.29) is 35.9 Å². The molecular weight excluding hydrogens is 541 g/mol. The number of pyridine rings is 1. The molecule has 1 amide bonds. The van der Waals surface area contributed by atoms with Crippen LogP contribution in [-0.2, 0) is 17.9 Å². The Labute approximate surface area is 219 Å². The second kappa shape index (κ2) is 13.5. The van der Waals surface area contributed by atoms with Crippen molar-refractivity contribution >= 4 is 35.8 Å². The number of carbonyl (C=O) groups excluding carboxylic acids is 1. The molecular formula is C26H36IN5O2. The SMILES string of the molecule is CCNC(=NCc1ccnc(OCc2ccccc2)c1)NC1CCN(C(=O)C2CCCC2)C1.I. The highest BCUT2D eigenvalue weighted by atomic mass is 127. The van der Waals surface area contributed by atoms with Crippen molar-refractivity contribution in [3.05, 3.63) is 59.8 Å². The number of carbonyl (C=O) groups is 1.